The Balaban J connectivity index is 1.91. The van der Waals surface area contributed by atoms with Crippen molar-refractivity contribution in [1.29, 1.82) is 0 Å². The summed E-state index contributed by atoms with van der Waals surface area (Å²) in [6, 6.07) is 11.9. The summed E-state index contributed by atoms with van der Waals surface area (Å²) in [4.78, 5) is 16.1. The number of aliphatic imine (C=N–C) groups is 1. The number of carbonyl (C=O) groups is 1. The maximum Gasteiger partial charge on any atom is 0.363 e. The van der Waals surface area contributed by atoms with Gasteiger partial charge in [0.2, 0.25) is 5.90 Å². The Bertz CT molecular complexity index is 823. The van der Waals surface area contributed by atoms with Crippen LogP contribution in [-0.2, 0) is 9.53 Å². The SMILES string of the molecule is COc1ccc(/C=C2/N=C(c3ccc(C)cc3)OC2=O)cc1F. The molecule has 0 unspecified atom stereocenters. The average Bonchev–Trinajstić information content (AvgIpc) is 2.89. The molecule has 116 valence electrons. The van der Waals surface area contributed by atoms with E-state index in [0.717, 1.165) is 5.56 Å². The van der Waals surface area contributed by atoms with Crippen molar-refractivity contribution in [2.45, 2.75) is 6.92 Å². The molecule has 4 nitrogen and oxygen atoms in total. The molecule has 0 radical (unpaired) electrons. The summed E-state index contributed by atoms with van der Waals surface area (Å²) in [5.74, 6) is -0.673. The molecule has 5 heteroatoms. The number of methoxy groups -OCH3 is 1. The van der Waals surface area contributed by atoms with Gasteiger partial charge in [-0.3, -0.25) is 0 Å². The fraction of sp³-hybridized carbons (Fsp3) is 0.111. The molecular formula is C18H14FNO3. The zero-order valence-electron chi connectivity index (χ0n) is 12.7. The van der Waals surface area contributed by atoms with E-state index < -0.39 is 11.8 Å². The van der Waals surface area contributed by atoms with Gasteiger partial charge in [-0.2, -0.15) is 0 Å². The van der Waals surface area contributed by atoms with Crippen LogP contribution in [0.2, 0.25) is 0 Å². The van der Waals surface area contributed by atoms with Crippen molar-refractivity contribution in [3.63, 3.8) is 0 Å². The number of nitrogens with zero attached hydrogens (tertiary/aromatic N) is 1. The molecule has 0 N–H and O–H groups in total. The van der Waals surface area contributed by atoms with Crippen LogP contribution in [0, 0.1) is 12.7 Å². The summed E-state index contributed by atoms with van der Waals surface area (Å²) in [6.45, 7) is 1.97. The lowest BCUT2D eigenvalue weighted by molar-refractivity contribution is -0.129. The van der Waals surface area contributed by atoms with E-state index in [1.54, 1.807) is 6.07 Å². The molecule has 0 aliphatic carbocycles. The minimum absolute atomic E-state index is 0.130. The number of ether oxygens (including phenoxy) is 2. The summed E-state index contributed by atoms with van der Waals surface area (Å²) in [5, 5.41) is 0. The van der Waals surface area contributed by atoms with Crippen LogP contribution in [0.3, 0.4) is 0 Å². The molecule has 0 amide bonds. The van der Waals surface area contributed by atoms with Gasteiger partial charge in [0.1, 0.15) is 0 Å². The lowest BCUT2D eigenvalue weighted by Crippen LogP contribution is -2.05. The first kappa shape index (κ1) is 15.0. The Labute approximate surface area is 132 Å². The summed E-state index contributed by atoms with van der Waals surface area (Å²) in [6.07, 6.45) is 1.48. The highest BCUT2D eigenvalue weighted by atomic mass is 19.1. The maximum absolute atomic E-state index is 13.7. The fourth-order valence-electron chi connectivity index (χ4n) is 2.16. The number of cyclic esters (lactones) is 1. The largest absolute Gasteiger partial charge is 0.494 e. The van der Waals surface area contributed by atoms with Crippen LogP contribution in [0.15, 0.2) is 53.2 Å². The van der Waals surface area contributed by atoms with Crippen molar-refractivity contribution in [1.82, 2.24) is 0 Å². The van der Waals surface area contributed by atoms with E-state index in [0.29, 0.717) is 11.1 Å². The second-order valence-electron chi connectivity index (χ2n) is 5.10. The molecule has 0 spiro atoms. The molecule has 1 heterocycles. The molecule has 0 bridgehead atoms. The van der Waals surface area contributed by atoms with E-state index in [4.69, 9.17) is 9.47 Å². The second-order valence-corrected chi connectivity index (χ2v) is 5.10. The van der Waals surface area contributed by atoms with Crippen LogP contribution >= 0.6 is 0 Å². The van der Waals surface area contributed by atoms with Gasteiger partial charge in [-0.05, 0) is 42.8 Å². The Morgan fingerprint density at radius 3 is 2.57 bits per heavy atom. The lowest BCUT2D eigenvalue weighted by Gasteiger charge is -2.01. The van der Waals surface area contributed by atoms with E-state index in [-0.39, 0.29) is 17.3 Å². The van der Waals surface area contributed by atoms with Crippen molar-refractivity contribution < 1.29 is 18.7 Å². The Morgan fingerprint density at radius 1 is 1.17 bits per heavy atom. The van der Waals surface area contributed by atoms with Crippen LogP contribution in [0.25, 0.3) is 6.08 Å². The number of rotatable bonds is 3. The third-order valence-electron chi connectivity index (χ3n) is 3.40. The molecule has 0 saturated carbocycles. The van der Waals surface area contributed by atoms with E-state index in [1.807, 2.05) is 31.2 Å². The number of hydrogen-bond donors (Lipinski definition) is 0. The van der Waals surface area contributed by atoms with E-state index in [1.165, 1.54) is 25.3 Å². The predicted molar refractivity (Wildman–Crippen MR) is 84.7 cm³/mol. The third kappa shape index (κ3) is 3.13. The van der Waals surface area contributed by atoms with Crippen LogP contribution < -0.4 is 4.74 Å². The number of benzene rings is 2. The van der Waals surface area contributed by atoms with Crippen LogP contribution in [-0.4, -0.2) is 19.0 Å². The third-order valence-corrected chi connectivity index (χ3v) is 3.40. The maximum atomic E-state index is 13.7. The zero-order chi connectivity index (χ0) is 16.4. The summed E-state index contributed by atoms with van der Waals surface area (Å²) < 4.78 is 23.7. The molecule has 3 rings (SSSR count). The minimum atomic E-state index is -0.559. The highest BCUT2D eigenvalue weighted by Gasteiger charge is 2.24. The van der Waals surface area contributed by atoms with Gasteiger partial charge >= 0.3 is 5.97 Å². The highest BCUT2D eigenvalue weighted by molar-refractivity contribution is 6.12. The molecule has 0 aromatic heterocycles. The molecule has 2 aromatic rings. The van der Waals surface area contributed by atoms with Gasteiger partial charge in [0.25, 0.3) is 0 Å². The number of halogens is 1. The zero-order valence-corrected chi connectivity index (χ0v) is 12.7. The molecule has 0 saturated heterocycles. The van der Waals surface area contributed by atoms with Gasteiger partial charge in [0.05, 0.1) is 7.11 Å². The quantitative estimate of drug-likeness (QED) is 0.644. The number of hydrogen-bond acceptors (Lipinski definition) is 4. The van der Waals surface area contributed by atoms with Crippen molar-refractivity contribution in [2.24, 2.45) is 4.99 Å². The standard InChI is InChI=1S/C18H14FNO3/c1-11-3-6-13(7-4-11)17-20-15(18(21)23-17)10-12-5-8-16(22-2)14(19)9-12/h3-10H,1-2H3/b15-10+. The second kappa shape index (κ2) is 6.04. The monoisotopic (exact) mass is 311 g/mol. The molecule has 1 aliphatic rings. The number of aryl methyl sites for hydroxylation is 1. The first-order valence-electron chi connectivity index (χ1n) is 7.00. The number of esters is 1. The summed E-state index contributed by atoms with van der Waals surface area (Å²) in [7, 11) is 1.39. The Kier molecular flexibility index (Phi) is 3.93. The smallest absolute Gasteiger partial charge is 0.363 e. The van der Waals surface area contributed by atoms with Gasteiger partial charge in [0, 0.05) is 5.56 Å². The first-order chi connectivity index (χ1) is 11.1. The molecule has 2 aromatic carbocycles. The average molecular weight is 311 g/mol. The number of carbonyl (C=O) groups excluding carboxylic acids is 1. The van der Waals surface area contributed by atoms with Gasteiger partial charge < -0.3 is 9.47 Å². The highest BCUT2D eigenvalue weighted by Crippen LogP contribution is 2.22. The molecule has 0 atom stereocenters. The summed E-state index contributed by atoms with van der Waals surface area (Å²) in [5.41, 5.74) is 2.45. The van der Waals surface area contributed by atoms with Crippen LogP contribution in [0.5, 0.6) is 5.75 Å². The Hall–Kier alpha value is -2.95. The van der Waals surface area contributed by atoms with Crippen molar-refractivity contribution >= 4 is 17.9 Å². The van der Waals surface area contributed by atoms with Crippen LogP contribution in [0.1, 0.15) is 16.7 Å². The first-order valence-corrected chi connectivity index (χ1v) is 7.00. The summed E-state index contributed by atoms with van der Waals surface area (Å²) >= 11 is 0. The van der Waals surface area contributed by atoms with Gasteiger partial charge in [-0.15, -0.1) is 0 Å². The van der Waals surface area contributed by atoms with Gasteiger partial charge in [-0.25, -0.2) is 14.2 Å². The lowest BCUT2D eigenvalue weighted by atomic mass is 10.1. The van der Waals surface area contributed by atoms with E-state index in [2.05, 4.69) is 4.99 Å². The van der Waals surface area contributed by atoms with Crippen LogP contribution in [0.4, 0.5) is 4.39 Å². The predicted octanol–water partition coefficient (Wildman–Crippen LogP) is 3.49. The Morgan fingerprint density at radius 2 is 1.91 bits per heavy atom. The van der Waals surface area contributed by atoms with Gasteiger partial charge in [0.15, 0.2) is 17.3 Å². The fourth-order valence-corrected chi connectivity index (χ4v) is 2.16. The van der Waals surface area contributed by atoms with Gasteiger partial charge in [-0.1, -0.05) is 23.8 Å². The van der Waals surface area contributed by atoms with Crippen molar-refractivity contribution in [2.75, 3.05) is 7.11 Å². The molecule has 1 aliphatic heterocycles. The molecular weight excluding hydrogens is 297 g/mol. The molecule has 0 fully saturated rings. The van der Waals surface area contributed by atoms with E-state index >= 15 is 0 Å². The van der Waals surface area contributed by atoms with E-state index in [9.17, 15) is 9.18 Å². The minimum Gasteiger partial charge on any atom is -0.494 e. The topological polar surface area (TPSA) is 47.9 Å². The molecule has 23 heavy (non-hydrogen) atoms. The normalized spacial score (nSPS) is 15.5. The van der Waals surface area contributed by atoms with Crippen molar-refractivity contribution in [3.05, 3.63) is 70.7 Å². The van der Waals surface area contributed by atoms with Crippen molar-refractivity contribution in [3.8, 4) is 5.75 Å².